The Labute approximate surface area is 83.1 Å². The molecular weight excluding hydrogens is 180 g/mol. The second-order valence-corrected chi connectivity index (χ2v) is 3.83. The molecule has 1 unspecified atom stereocenters. The van der Waals surface area contributed by atoms with Crippen LogP contribution < -0.4 is 5.69 Å². The maximum atomic E-state index is 11.5. The van der Waals surface area contributed by atoms with E-state index in [1.165, 1.54) is 6.42 Å². The van der Waals surface area contributed by atoms with Crippen LogP contribution in [0.15, 0.2) is 17.2 Å². The Bertz CT molecular complexity index is 347. The molecule has 2 heterocycles. The van der Waals surface area contributed by atoms with E-state index in [0.29, 0.717) is 6.54 Å². The van der Waals surface area contributed by atoms with Crippen molar-refractivity contribution >= 4 is 0 Å². The van der Waals surface area contributed by atoms with Crippen molar-refractivity contribution in [2.75, 3.05) is 6.61 Å². The minimum Gasteiger partial charge on any atom is -0.376 e. The van der Waals surface area contributed by atoms with Gasteiger partial charge in [0.1, 0.15) is 0 Å². The van der Waals surface area contributed by atoms with Crippen molar-refractivity contribution in [1.82, 2.24) is 9.13 Å². The summed E-state index contributed by atoms with van der Waals surface area (Å²) in [4.78, 5) is 11.5. The minimum atomic E-state index is 0.0409. The molecule has 0 saturated carbocycles. The van der Waals surface area contributed by atoms with Crippen LogP contribution in [0.25, 0.3) is 0 Å². The van der Waals surface area contributed by atoms with Gasteiger partial charge in [-0.25, -0.2) is 4.79 Å². The van der Waals surface area contributed by atoms with E-state index < -0.39 is 0 Å². The van der Waals surface area contributed by atoms with Crippen molar-refractivity contribution < 1.29 is 4.74 Å². The van der Waals surface area contributed by atoms with Crippen LogP contribution in [0.5, 0.6) is 0 Å². The molecule has 0 bridgehead atoms. The maximum absolute atomic E-state index is 11.5. The molecule has 0 spiro atoms. The third-order valence-corrected chi connectivity index (χ3v) is 2.69. The van der Waals surface area contributed by atoms with Crippen LogP contribution in [0.2, 0.25) is 0 Å². The lowest BCUT2D eigenvalue weighted by molar-refractivity contribution is 0.00540. The molecular formula is C10H16N2O2. The minimum absolute atomic E-state index is 0.0409. The van der Waals surface area contributed by atoms with Crippen LogP contribution in [-0.2, 0) is 18.3 Å². The van der Waals surface area contributed by atoms with Crippen LogP contribution in [0.1, 0.15) is 19.3 Å². The number of nitrogens with zero attached hydrogens (tertiary/aromatic N) is 2. The molecule has 1 aromatic rings. The van der Waals surface area contributed by atoms with Gasteiger partial charge in [-0.3, -0.25) is 4.57 Å². The van der Waals surface area contributed by atoms with E-state index in [0.717, 1.165) is 19.4 Å². The predicted octanol–water partition coefficient (Wildman–Crippen LogP) is 0.756. The lowest BCUT2D eigenvalue weighted by Gasteiger charge is -2.22. The summed E-state index contributed by atoms with van der Waals surface area (Å²) in [5, 5.41) is 0. The summed E-state index contributed by atoms with van der Waals surface area (Å²) in [7, 11) is 1.76. The molecule has 1 aromatic heterocycles. The molecule has 1 aliphatic rings. The Kier molecular flexibility index (Phi) is 2.72. The van der Waals surface area contributed by atoms with Gasteiger partial charge in [0, 0.05) is 26.0 Å². The van der Waals surface area contributed by atoms with Crippen molar-refractivity contribution in [3.63, 3.8) is 0 Å². The Morgan fingerprint density at radius 2 is 2.36 bits per heavy atom. The Morgan fingerprint density at radius 3 is 2.93 bits per heavy atom. The highest BCUT2D eigenvalue weighted by Gasteiger charge is 2.15. The van der Waals surface area contributed by atoms with Gasteiger partial charge in [-0.15, -0.1) is 0 Å². The number of aromatic nitrogens is 2. The summed E-state index contributed by atoms with van der Waals surface area (Å²) in [5.74, 6) is 0. The monoisotopic (exact) mass is 196 g/mol. The molecule has 0 amide bonds. The second-order valence-electron chi connectivity index (χ2n) is 3.83. The van der Waals surface area contributed by atoms with Crippen LogP contribution >= 0.6 is 0 Å². The summed E-state index contributed by atoms with van der Waals surface area (Å²) in [6.07, 6.45) is 7.27. The van der Waals surface area contributed by atoms with Crippen molar-refractivity contribution in [3.8, 4) is 0 Å². The van der Waals surface area contributed by atoms with Crippen molar-refractivity contribution in [2.24, 2.45) is 7.05 Å². The Balaban J connectivity index is 2.02. The molecule has 1 atom stereocenters. The first-order valence-electron chi connectivity index (χ1n) is 5.11. The normalized spacial score (nSPS) is 22.5. The Hall–Kier alpha value is -1.03. The van der Waals surface area contributed by atoms with E-state index in [4.69, 9.17) is 4.74 Å². The standard InChI is InChI=1S/C10H16N2O2/c1-11-5-6-12(10(11)13)8-9-4-2-3-7-14-9/h5-6,9H,2-4,7-8H2,1H3. The molecule has 1 aliphatic heterocycles. The number of aryl methyl sites for hydroxylation is 1. The number of rotatable bonds is 2. The molecule has 0 radical (unpaired) electrons. The first-order valence-corrected chi connectivity index (χ1v) is 5.11. The zero-order chi connectivity index (χ0) is 9.97. The van der Waals surface area contributed by atoms with Gasteiger partial charge < -0.3 is 9.30 Å². The highest BCUT2D eigenvalue weighted by atomic mass is 16.5. The summed E-state index contributed by atoms with van der Waals surface area (Å²) >= 11 is 0. The van der Waals surface area contributed by atoms with Crippen LogP contribution in [0.4, 0.5) is 0 Å². The molecule has 0 N–H and O–H groups in total. The van der Waals surface area contributed by atoms with Gasteiger partial charge in [0.05, 0.1) is 12.6 Å². The molecule has 14 heavy (non-hydrogen) atoms. The number of imidazole rings is 1. The van der Waals surface area contributed by atoms with Gasteiger partial charge in [-0.2, -0.15) is 0 Å². The van der Waals surface area contributed by atoms with E-state index >= 15 is 0 Å². The molecule has 2 rings (SSSR count). The molecule has 1 saturated heterocycles. The molecule has 78 valence electrons. The highest BCUT2D eigenvalue weighted by molar-refractivity contribution is 4.81. The van der Waals surface area contributed by atoms with Crippen molar-refractivity contribution in [1.29, 1.82) is 0 Å². The quantitative estimate of drug-likeness (QED) is 0.700. The third-order valence-electron chi connectivity index (χ3n) is 2.69. The lowest BCUT2D eigenvalue weighted by Crippen LogP contribution is -2.30. The predicted molar refractivity (Wildman–Crippen MR) is 53.3 cm³/mol. The fourth-order valence-electron chi connectivity index (χ4n) is 1.82. The van der Waals surface area contributed by atoms with Crippen molar-refractivity contribution in [3.05, 3.63) is 22.9 Å². The maximum Gasteiger partial charge on any atom is 0.327 e. The number of ether oxygens (including phenoxy) is 1. The summed E-state index contributed by atoms with van der Waals surface area (Å²) in [6, 6.07) is 0. The van der Waals surface area contributed by atoms with E-state index in [2.05, 4.69) is 0 Å². The van der Waals surface area contributed by atoms with Gasteiger partial charge in [0.25, 0.3) is 0 Å². The Morgan fingerprint density at radius 1 is 1.50 bits per heavy atom. The van der Waals surface area contributed by atoms with E-state index in [9.17, 15) is 4.79 Å². The van der Waals surface area contributed by atoms with Gasteiger partial charge in [0.2, 0.25) is 0 Å². The third kappa shape index (κ3) is 1.90. The van der Waals surface area contributed by atoms with Crippen molar-refractivity contribution in [2.45, 2.75) is 31.9 Å². The van der Waals surface area contributed by atoms with Crippen LogP contribution in [0, 0.1) is 0 Å². The van der Waals surface area contributed by atoms with E-state index in [-0.39, 0.29) is 11.8 Å². The van der Waals surface area contributed by atoms with Gasteiger partial charge in [-0.1, -0.05) is 0 Å². The first-order chi connectivity index (χ1) is 6.77. The molecule has 0 aliphatic carbocycles. The first kappa shape index (κ1) is 9.52. The molecule has 4 nitrogen and oxygen atoms in total. The average molecular weight is 196 g/mol. The smallest absolute Gasteiger partial charge is 0.327 e. The van der Waals surface area contributed by atoms with E-state index in [1.54, 1.807) is 22.4 Å². The van der Waals surface area contributed by atoms with Crippen LogP contribution in [0.3, 0.4) is 0 Å². The SMILES string of the molecule is Cn1ccn(CC2CCCCO2)c1=O. The second kappa shape index (κ2) is 4.00. The summed E-state index contributed by atoms with van der Waals surface area (Å²) < 4.78 is 8.88. The van der Waals surface area contributed by atoms with Gasteiger partial charge in [-0.05, 0) is 19.3 Å². The van der Waals surface area contributed by atoms with Crippen LogP contribution in [-0.4, -0.2) is 21.8 Å². The lowest BCUT2D eigenvalue weighted by atomic mass is 10.1. The summed E-state index contributed by atoms with van der Waals surface area (Å²) in [6.45, 7) is 1.53. The number of hydrogen-bond acceptors (Lipinski definition) is 2. The zero-order valence-corrected chi connectivity index (χ0v) is 8.48. The number of hydrogen-bond donors (Lipinski definition) is 0. The molecule has 0 aromatic carbocycles. The van der Waals surface area contributed by atoms with Gasteiger partial charge in [0.15, 0.2) is 0 Å². The fraction of sp³-hybridized carbons (Fsp3) is 0.700. The highest BCUT2D eigenvalue weighted by Crippen LogP contribution is 2.13. The van der Waals surface area contributed by atoms with E-state index in [1.807, 2.05) is 6.20 Å². The van der Waals surface area contributed by atoms with Gasteiger partial charge >= 0.3 is 5.69 Å². The zero-order valence-electron chi connectivity index (χ0n) is 8.48. The molecule has 1 fully saturated rings. The molecule has 4 heteroatoms. The fourth-order valence-corrected chi connectivity index (χ4v) is 1.82. The average Bonchev–Trinajstić information content (AvgIpc) is 2.52. The summed E-state index contributed by atoms with van der Waals surface area (Å²) in [5.41, 5.74) is 0.0409. The topological polar surface area (TPSA) is 36.2 Å². The largest absolute Gasteiger partial charge is 0.376 e.